The lowest BCUT2D eigenvalue weighted by molar-refractivity contribution is 0.346. The summed E-state index contributed by atoms with van der Waals surface area (Å²) in [5.41, 5.74) is 0. The third kappa shape index (κ3) is 2.39. The van der Waals surface area contributed by atoms with Crippen molar-refractivity contribution in [2.75, 3.05) is 21.2 Å². The summed E-state index contributed by atoms with van der Waals surface area (Å²) in [7, 11) is 5.24. The Hall–Kier alpha value is -0.310. The molecular weight excluding hydrogens is 110 g/mol. The predicted octanol–water partition coefficient (Wildman–Crippen LogP) is 0.479. The normalized spacial score (nSPS) is 7.86. The lowest BCUT2D eigenvalue weighted by Gasteiger charge is -2.09. The van der Waals surface area contributed by atoms with Crippen molar-refractivity contribution in [3.05, 3.63) is 0 Å². The Balaban J connectivity index is 3.35. The van der Waals surface area contributed by atoms with Crippen LogP contribution in [0.25, 0.3) is 0 Å². The molecule has 0 atom stereocenters. The van der Waals surface area contributed by atoms with Crippen molar-refractivity contribution >= 4 is 17.4 Å². The maximum atomic E-state index is 4.68. The predicted molar refractivity (Wildman–Crippen MR) is 33.3 cm³/mol. The molecule has 0 amide bonds. The van der Waals surface area contributed by atoms with E-state index < -0.39 is 0 Å². The second kappa shape index (κ2) is 2.80. The molecule has 0 spiro atoms. The van der Waals surface area contributed by atoms with Crippen LogP contribution in [0, 0.1) is 0 Å². The zero-order valence-electron chi connectivity index (χ0n) is 4.76. The first-order chi connectivity index (χ1) is 3.18. The van der Waals surface area contributed by atoms with Gasteiger partial charge in [-0.05, 0) is 12.2 Å². The van der Waals surface area contributed by atoms with E-state index in [1.807, 2.05) is 14.1 Å². The zero-order chi connectivity index (χ0) is 5.86. The number of methoxy groups -OCH3 is 1. The molecule has 0 aromatic carbocycles. The maximum absolute atomic E-state index is 4.68. The van der Waals surface area contributed by atoms with Crippen molar-refractivity contribution in [1.29, 1.82) is 0 Å². The van der Waals surface area contributed by atoms with Crippen molar-refractivity contribution in [2.45, 2.75) is 0 Å². The molecule has 0 radical (unpaired) electrons. The summed E-state index contributed by atoms with van der Waals surface area (Å²) in [6.45, 7) is 0. The van der Waals surface area contributed by atoms with Gasteiger partial charge in [0.05, 0.1) is 7.11 Å². The molecule has 0 aliphatic rings. The average molecular weight is 119 g/mol. The quantitative estimate of drug-likeness (QED) is 0.430. The molecule has 0 N–H and O–H groups in total. The molecule has 0 aromatic rings. The lowest BCUT2D eigenvalue weighted by atomic mass is 10.9. The monoisotopic (exact) mass is 119 g/mol. The Morgan fingerprint density at radius 2 is 2.00 bits per heavy atom. The molecule has 2 nitrogen and oxygen atoms in total. The minimum absolute atomic E-state index is 0.514. The van der Waals surface area contributed by atoms with Crippen LogP contribution >= 0.6 is 12.2 Å². The summed E-state index contributed by atoms with van der Waals surface area (Å²) in [5, 5.41) is 0.514. The minimum Gasteiger partial charge on any atom is -0.474 e. The van der Waals surface area contributed by atoms with Gasteiger partial charge in [-0.25, -0.2) is 0 Å². The summed E-state index contributed by atoms with van der Waals surface area (Å²) in [5.74, 6) is 0. The lowest BCUT2D eigenvalue weighted by Crippen LogP contribution is -2.20. The fraction of sp³-hybridized carbons (Fsp3) is 0.750. The van der Waals surface area contributed by atoms with Crippen LogP contribution in [0.15, 0.2) is 0 Å². The van der Waals surface area contributed by atoms with Gasteiger partial charge in [-0.15, -0.1) is 0 Å². The van der Waals surface area contributed by atoms with Crippen molar-refractivity contribution < 1.29 is 4.74 Å². The van der Waals surface area contributed by atoms with Crippen molar-refractivity contribution in [2.24, 2.45) is 0 Å². The summed E-state index contributed by atoms with van der Waals surface area (Å²) in [6.07, 6.45) is 0. The number of nitrogens with zero attached hydrogens (tertiary/aromatic N) is 1. The third-order valence-corrected chi connectivity index (χ3v) is 1.07. The molecule has 0 saturated carbocycles. The first kappa shape index (κ1) is 6.69. The van der Waals surface area contributed by atoms with Crippen LogP contribution in [0.5, 0.6) is 0 Å². The van der Waals surface area contributed by atoms with E-state index in [0.717, 1.165) is 0 Å². The van der Waals surface area contributed by atoms with Gasteiger partial charge in [0.15, 0.2) is 0 Å². The minimum atomic E-state index is 0.514. The zero-order valence-corrected chi connectivity index (χ0v) is 5.58. The van der Waals surface area contributed by atoms with Crippen LogP contribution in [0.1, 0.15) is 0 Å². The topological polar surface area (TPSA) is 12.5 Å². The van der Waals surface area contributed by atoms with E-state index in [1.165, 1.54) is 0 Å². The molecule has 3 heteroatoms. The Labute approximate surface area is 49.1 Å². The first-order valence-corrected chi connectivity index (χ1v) is 2.34. The SMILES string of the molecule is COC(=S)N(C)C. The third-order valence-electron chi connectivity index (χ3n) is 0.540. The molecular formula is C4H9NOS. The highest BCUT2D eigenvalue weighted by atomic mass is 32.1. The molecule has 7 heavy (non-hydrogen) atoms. The van der Waals surface area contributed by atoms with E-state index in [4.69, 9.17) is 0 Å². The molecule has 0 aliphatic heterocycles. The van der Waals surface area contributed by atoms with Gasteiger partial charge in [-0.1, -0.05) is 0 Å². The molecule has 0 unspecified atom stereocenters. The van der Waals surface area contributed by atoms with Gasteiger partial charge in [0.2, 0.25) is 0 Å². The van der Waals surface area contributed by atoms with Gasteiger partial charge in [-0.2, -0.15) is 0 Å². The maximum Gasteiger partial charge on any atom is 0.258 e. The Kier molecular flexibility index (Phi) is 2.67. The molecule has 42 valence electrons. The van der Waals surface area contributed by atoms with Gasteiger partial charge in [0, 0.05) is 14.1 Å². The molecule has 0 fully saturated rings. The van der Waals surface area contributed by atoms with Gasteiger partial charge in [0.1, 0.15) is 0 Å². The van der Waals surface area contributed by atoms with Crippen molar-refractivity contribution in [1.82, 2.24) is 4.90 Å². The number of ether oxygens (including phenoxy) is 1. The standard InChI is InChI=1S/C4H9NOS/c1-5(2)4(7)6-3/h1-3H3. The van der Waals surface area contributed by atoms with Crippen LogP contribution in [-0.2, 0) is 4.74 Å². The van der Waals surface area contributed by atoms with E-state index in [1.54, 1.807) is 12.0 Å². The molecule has 0 heterocycles. The molecule has 0 aliphatic carbocycles. The first-order valence-electron chi connectivity index (χ1n) is 1.93. The van der Waals surface area contributed by atoms with E-state index in [-0.39, 0.29) is 0 Å². The number of rotatable bonds is 0. The molecule has 0 rings (SSSR count). The van der Waals surface area contributed by atoms with E-state index >= 15 is 0 Å². The fourth-order valence-corrected chi connectivity index (χ4v) is 0.183. The Morgan fingerprint density at radius 3 is 2.00 bits per heavy atom. The van der Waals surface area contributed by atoms with Crippen LogP contribution in [0.4, 0.5) is 0 Å². The molecule has 0 aromatic heterocycles. The molecule has 0 saturated heterocycles. The highest BCUT2D eigenvalue weighted by Crippen LogP contribution is 1.80. The summed E-state index contributed by atoms with van der Waals surface area (Å²) in [6, 6.07) is 0. The largest absolute Gasteiger partial charge is 0.474 e. The van der Waals surface area contributed by atoms with Crippen LogP contribution in [0.3, 0.4) is 0 Å². The second-order valence-corrected chi connectivity index (χ2v) is 1.71. The van der Waals surface area contributed by atoms with Crippen LogP contribution < -0.4 is 0 Å². The van der Waals surface area contributed by atoms with Gasteiger partial charge in [-0.3, -0.25) is 0 Å². The smallest absolute Gasteiger partial charge is 0.258 e. The number of hydrogen-bond donors (Lipinski definition) is 0. The highest BCUT2D eigenvalue weighted by Gasteiger charge is 1.91. The van der Waals surface area contributed by atoms with E-state index in [9.17, 15) is 0 Å². The highest BCUT2D eigenvalue weighted by molar-refractivity contribution is 7.79. The Morgan fingerprint density at radius 1 is 1.57 bits per heavy atom. The summed E-state index contributed by atoms with van der Waals surface area (Å²) < 4.78 is 4.67. The average Bonchev–Trinajstić information content (AvgIpc) is 1.65. The fourth-order valence-electron chi connectivity index (χ4n) is 0.183. The van der Waals surface area contributed by atoms with Crippen LogP contribution in [-0.4, -0.2) is 31.3 Å². The van der Waals surface area contributed by atoms with E-state index in [0.29, 0.717) is 5.17 Å². The van der Waals surface area contributed by atoms with Crippen LogP contribution in [0.2, 0.25) is 0 Å². The van der Waals surface area contributed by atoms with Gasteiger partial charge < -0.3 is 9.64 Å². The number of hydrogen-bond acceptors (Lipinski definition) is 2. The van der Waals surface area contributed by atoms with Crippen molar-refractivity contribution in [3.8, 4) is 0 Å². The van der Waals surface area contributed by atoms with Crippen molar-refractivity contribution in [3.63, 3.8) is 0 Å². The van der Waals surface area contributed by atoms with Gasteiger partial charge in [0.25, 0.3) is 5.17 Å². The van der Waals surface area contributed by atoms with E-state index in [2.05, 4.69) is 17.0 Å². The molecule has 0 bridgehead atoms. The Bertz CT molecular complexity index is 72.1. The van der Waals surface area contributed by atoms with Gasteiger partial charge >= 0.3 is 0 Å². The summed E-state index contributed by atoms with van der Waals surface area (Å²) >= 11 is 4.68. The summed E-state index contributed by atoms with van der Waals surface area (Å²) in [4.78, 5) is 1.73. The second-order valence-electron chi connectivity index (χ2n) is 1.36. The number of thiocarbonyl (C=S) groups is 1.